The van der Waals surface area contributed by atoms with Crippen LogP contribution in [-0.4, -0.2) is 42.3 Å². The van der Waals surface area contributed by atoms with Crippen molar-refractivity contribution in [1.82, 2.24) is 10.9 Å². The lowest BCUT2D eigenvalue weighted by Gasteiger charge is -2.24. The fourth-order valence-electron chi connectivity index (χ4n) is 3.94. The van der Waals surface area contributed by atoms with Crippen LogP contribution in [0, 0.1) is 5.82 Å². The Labute approximate surface area is 218 Å². The second kappa shape index (κ2) is 12.7. The van der Waals surface area contributed by atoms with Gasteiger partial charge < -0.3 is 14.6 Å². The SMILES string of the molecule is [N-]=[N+]=Nc1ccccc1C[C@@]1(C(=O)NNCc2cccc(F)c2)COC(c2ccc(OCCCO)cc2)=N1. The number of hydrogen-bond donors (Lipinski definition) is 3. The molecule has 0 unspecified atom stereocenters. The van der Waals surface area contributed by atoms with E-state index in [1.807, 2.05) is 0 Å². The molecule has 0 saturated carbocycles. The van der Waals surface area contributed by atoms with E-state index in [9.17, 15) is 9.18 Å². The molecule has 0 aliphatic carbocycles. The van der Waals surface area contributed by atoms with Crippen molar-refractivity contribution >= 4 is 17.5 Å². The Bertz CT molecular complexity index is 1340. The van der Waals surface area contributed by atoms with Crippen LogP contribution >= 0.6 is 0 Å². The number of amides is 1. The third-order valence-corrected chi connectivity index (χ3v) is 5.87. The number of hydrogen-bond acceptors (Lipinski definition) is 7. The highest BCUT2D eigenvalue weighted by Crippen LogP contribution is 2.31. The molecule has 1 aliphatic heterocycles. The average molecular weight is 519 g/mol. The van der Waals surface area contributed by atoms with E-state index in [0.717, 1.165) is 0 Å². The summed E-state index contributed by atoms with van der Waals surface area (Å²) in [5.41, 5.74) is 15.5. The lowest BCUT2D eigenvalue weighted by molar-refractivity contribution is -0.127. The minimum atomic E-state index is -1.36. The van der Waals surface area contributed by atoms with Crippen molar-refractivity contribution < 1.29 is 23.8 Å². The van der Waals surface area contributed by atoms with E-state index in [1.54, 1.807) is 60.7 Å². The summed E-state index contributed by atoms with van der Waals surface area (Å²) in [6, 6.07) is 20.1. The minimum absolute atomic E-state index is 0.0465. The summed E-state index contributed by atoms with van der Waals surface area (Å²) < 4.78 is 25.0. The molecule has 10 nitrogen and oxygen atoms in total. The van der Waals surface area contributed by atoms with Crippen molar-refractivity contribution in [2.24, 2.45) is 10.1 Å². The van der Waals surface area contributed by atoms with Crippen LogP contribution in [0.5, 0.6) is 5.75 Å². The molecule has 0 aromatic heterocycles. The first-order valence-corrected chi connectivity index (χ1v) is 12.0. The highest BCUT2D eigenvalue weighted by molar-refractivity contribution is 6.00. The molecule has 1 heterocycles. The van der Waals surface area contributed by atoms with Crippen molar-refractivity contribution in [3.8, 4) is 5.75 Å². The summed E-state index contributed by atoms with van der Waals surface area (Å²) in [5, 5.41) is 12.7. The lowest BCUT2D eigenvalue weighted by atomic mass is 9.91. The molecule has 196 valence electrons. The first-order valence-electron chi connectivity index (χ1n) is 12.0. The van der Waals surface area contributed by atoms with Crippen molar-refractivity contribution in [1.29, 1.82) is 0 Å². The number of benzene rings is 3. The van der Waals surface area contributed by atoms with Gasteiger partial charge in [-0.15, -0.1) is 0 Å². The maximum atomic E-state index is 13.5. The Morgan fingerprint density at radius 1 is 1.18 bits per heavy atom. The molecule has 0 spiro atoms. The van der Waals surface area contributed by atoms with Crippen LogP contribution in [0.2, 0.25) is 0 Å². The zero-order chi connectivity index (χ0) is 26.8. The van der Waals surface area contributed by atoms with Crippen molar-refractivity contribution in [3.05, 3.63) is 106 Å². The van der Waals surface area contributed by atoms with E-state index in [0.29, 0.717) is 41.2 Å². The standard InChI is InChI=1S/C27H27FN6O4/c28-22-7-3-5-19(15-22)17-30-33-26(36)27(16-21-6-1-2-8-24(21)32-34-29)18-38-25(31-27)20-9-11-23(12-10-20)37-14-4-13-35/h1-3,5-12,15,30,35H,4,13-14,16-18H2,(H,33,36)/t27-/m0/s1. The van der Waals surface area contributed by atoms with Gasteiger partial charge in [0.25, 0.3) is 5.91 Å². The number of rotatable bonds is 12. The second-order valence-electron chi connectivity index (χ2n) is 8.62. The number of ether oxygens (including phenoxy) is 2. The summed E-state index contributed by atoms with van der Waals surface area (Å²) in [6.45, 7) is 0.593. The van der Waals surface area contributed by atoms with Crippen LogP contribution in [0.4, 0.5) is 10.1 Å². The monoisotopic (exact) mass is 518 g/mol. The lowest BCUT2D eigenvalue weighted by Crippen LogP contribution is -2.52. The first kappa shape index (κ1) is 26.6. The predicted octanol–water partition coefficient (Wildman–Crippen LogP) is 4.11. The summed E-state index contributed by atoms with van der Waals surface area (Å²) in [4.78, 5) is 21.1. The largest absolute Gasteiger partial charge is 0.494 e. The molecule has 0 bridgehead atoms. The van der Waals surface area contributed by atoms with Gasteiger partial charge in [-0.25, -0.2) is 14.8 Å². The smallest absolute Gasteiger partial charge is 0.266 e. The number of aliphatic imine (C=N–C) groups is 1. The first-order chi connectivity index (χ1) is 18.5. The van der Waals surface area contributed by atoms with E-state index >= 15 is 0 Å². The molecule has 11 heteroatoms. The van der Waals surface area contributed by atoms with Gasteiger partial charge >= 0.3 is 0 Å². The Morgan fingerprint density at radius 2 is 2.00 bits per heavy atom. The summed E-state index contributed by atoms with van der Waals surface area (Å²) in [7, 11) is 0. The molecule has 38 heavy (non-hydrogen) atoms. The predicted molar refractivity (Wildman–Crippen MR) is 139 cm³/mol. The Hall–Kier alpha value is -4.44. The number of aliphatic hydroxyl groups excluding tert-OH is 1. The Kier molecular flexibility index (Phi) is 8.89. The van der Waals surface area contributed by atoms with Gasteiger partial charge in [0.1, 0.15) is 18.2 Å². The summed E-state index contributed by atoms with van der Waals surface area (Å²) in [5.74, 6) is 0.0942. The molecule has 1 atom stereocenters. The van der Waals surface area contributed by atoms with Gasteiger partial charge in [0.05, 0.1) is 6.61 Å². The maximum Gasteiger partial charge on any atom is 0.266 e. The van der Waals surface area contributed by atoms with Crippen LogP contribution in [0.15, 0.2) is 82.9 Å². The van der Waals surface area contributed by atoms with Gasteiger partial charge in [-0.3, -0.25) is 10.2 Å². The summed E-state index contributed by atoms with van der Waals surface area (Å²) in [6.07, 6.45) is 0.640. The van der Waals surface area contributed by atoms with Crippen LogP contribution in [0.25, 0.3) is 10.4 Å². The van der Waals surface area contributed by atoms with Gasteiger partial charge in [-0.05, 0) is 53.1 Å². The Morgan fingerprint density at radius 3 is 2.76 bits per heavy atom. The second-order valence-corrected chi connectivity index (χ2v) is 8.62. The van der Waals surface area contributed by atoms with Crippen LogP contribution in [0.1, 0.15) is 23.1 Å². The molecular weight excluding hydrogens is 491 g/mol. The van der Waals surface area contributed by atoms with Crippen molar-refractivity contribution in [2.45, 2.75) is 24.9 Å². The topological polar surface area (TPSA) is 141 Å². The van der Waals surface area contributed by atoms with Crippen LogP contribution < -0.4 is 15.6 Å². The van der Waals surface area contributed by atoms with Crippen molar-refractivity contribution in [3.63, 3.8) is 0 Å². The maximum absolute atomic E-state index is 13.5. The molecule has 3 aromatic rings. The zero-order valence-corrected chi connectivity index (χ0v) is 20.5. The number of carbonyl (C=O) groups excluding carboxylic acids is 1. The molecule has 0 saturated heterocycles. The van der Waals surface area contributed by atoms with Crippen LogP contribution in [-0.2, 0) is 22.5 Å². The fourth-order valence-corrected chi connectivity index (χ4v) is 3.94. The number of nitrogens with one attached hydrogen (secondary N) is 2. The fraction of sp³-hybridized carbons (Fsp3) is 0.259. The third kappa shape index (κ3) is 6.65. The molecule has 3 aromatic carbocycles. The normalized spacial score (nSPS) is 16.2. The highest BCUT2D eigenvalue weighted by atomic mass is 19.1. The average Bonchev–Trinajstić information content (AvgIpc) is 3.36. The number of nitrogens with zero attached hydrogens (tertiary/aromatic N) is 4. The number of halogens is 1. The molecular formula is C27H27FN6O4. The van der Waals surface area contributed by atoms with Gasteiger partial charge in [-0.1, -0.05) is 41.5 Å². The molecule has 1 amide bonds. The number of azide groups is 1. The van der Waals surface area contributed by atoms with Gasteiger partial charge in [0, 0.05) is 42.2 Å². The van der Waals surface area contributed by atoms with Gasteiger partial charge in [-0.2, -0.15) is 0 Å². The van der Waals surface area contributed by atoms with Gasteiger partial charge in [0.15, 0.2) is 5.54 Å². The van der Waals surface area contributed by atoms with E-state index < -0.39 is 11.4 Å². The van der Waals surface area contributed by atoms with Crippen LogP contribution in [0.3, 0.4) is 0 Å². The quantitative estimate of drug-likeness (QED) is 0.109. The minimum Gasteiger partial charge on any atom is -0.494 e. The van der Waals surface area contributed by atoms with Gasteiger partial charge in [0.2, 0.25) is 5.90 Å². The number of carbonyl (C=O) groups is 1. The summed E-state index contributed by atoms with van der Waals surface area (Å²) >= 11 is 0. The molecule has 1 aliphatic rings. The molecule has 0 radical (unpaired) electrons. The van der Waals surface area contributed by atoms with E-state index in [4.69, 9.17) is 25.1 Å². The number of hydrazine groups is 1. The van der Waals surface area contributed by atoms with E-state index in [-0.39, 0.29) is 37.9 Å². The number of aliphatic hydroxyl groups is 1. The zero-order valence-electron chi connectivity index (χ0n) is 20.5. The van der Waals surface area contributed by atoms with E-state index in [1.165, 1.54) is 12.1 Å². The molecule has 0 fully saturated rings. The van der Waals surface area contributed by atoms with E-state index in [2.05, 4.69) is 20.9 Å². The van der Waals surface area contributed by atoms with Crippen molar-refractivity contribution in [2.75, 3.05) is 19.8 Å². The Balaban J connectivity index is 1.56. The highest BCUT2D eigenvalue weighted by Gasteiger charge is 2.45. The third-order valence-electron chi connectivity index (χ3n) is 5.87. The molecule has 3 N–H and O–H groups in total. The molecule has 4 rings (SSSR count).